The van der Waals surface area contributed by atoms with Gasteiger partial charge in [0.25, 0.3) is 5.91 Å². The zero-order chi connectivity index (χ0) is 26.6. The molecule has 0 N–H and O–H groups in total. The van der Waals surface area contributed by atoms with Crippen molar-refractivity contribution in [3.05, 3.63) is 97.5 Å². The van der Waals surface area contributed by atoms with Crippen LogP contribution in [0.25, 0.3) is 27.8 Å². The zero-order valence-corrected chi connectivity index (χ0v) is 21.7. The molecule has 2 aromatic heterocycles. The highest BCUT2D eigenvalue weighted by Crippen LogP contribution is 2.38. The van der Waals surface area contributed by atoms with Crippen LogP contribution in [0.3, 0.4) is 0 Å². The molecule has 8 heteroatoms. The summed E-state index contributed by atoms with van der Waals surface area (Å²) < 4.78 is 13.4. The fourth-order valence-corrected chi connectivity index (χ4v) is 5.06. The van der Waals surface area contributed by atoms with Crippen LogP contribution < -0.4 is 14.4 Å². The van der Waals surface area contributed by atoms with E-state index in [1.807, 2.05) is 77.7 Å². The van der Waals surface area contributed by atoms with Crippen molar-refractivity contribution in [3.8, 4) is 28.3 Å². The van der Waals surface area contributed by atoms with Gasteiger partial charge in [-0.15, -0.1) is 0 Å². The Bertz CT molecular complexity index is 1580. The van der Waals surface area contributed by atoms with E-state index in [2.05, 4.69) is 27.8 Å². The van der Waals surface area contributed by atoms with E-state index in [0.29, 0.717) is 31.9 Å². The molecule has 8 nitrogen and oxygen atoms in total. The maximum atomic E-state index is 12.8. The first-order valence-electron chi connectivity index (χ1n) is 13.0. The van der Waals surface area contributed by atoms with Gasteiger partial charge in [-0.3, -0.25) is 9.36 Å². The van der Waals surface area contributed by atoms with Gasteiger partial charge in [0.15, 0.2) is 12.3 Å². The third-order valence-corrected chi connectivity index (χ3v) is 7.03. The Morgan fingerprint density at radius 2 is 1.54 bits per heavy atom. The Morgan fingerprint density at radius 3 is 2.28 bits per heavy atom. The number of benzene rings is 3. The number of anilines is 1. The molecule has 1 aliphatic heterocycles. The monoisotopic (exact) mass is 519 g/mol. The first-order chi connectivity index (χ1) is 19.2. The number of rotatable bonds is 7. The SMILES string of the molecule is COc1ccccc1-n1cc(-c2ccccc2)c2c(N3CCN(C(=O)COc4ccccc4)CC3)ncnc21. The van der Waals surface area contributed by atoms with Crippen molar-refractivity contribution in [1.29, 1.82) is 0 Å². The summed E-state index contributed by atoms with van der Waals surface area (Å²) >= 11 is 0. The van der Waals surface area contributed by atoms with Crippen molar-refractivity contribution in [2.24, 2.45) is 0 Å². The zero-order valence-electron chi connectivity index (χ0n) is 21.7. The molecule has 1 saturated heterocycles. The quantitative estimate of drug-likeness (QED) is 0.307. The van der Waals surface area contributed by atoms with Gasteiger partial charge in [-0.05, 0) is 29.8 Å². The number of nitrogens with zero attached hydrogens (tertiary/aromatic N) is 5. The Morgan fingerprint density at radius 1 is 0.846 bits per heavy atom. The predicted octanol–water partition coefficient (Wildman–Crippen LogP) is 4.82. The summed E-state index contributed by atoms with van der Waals surface area (Å²) in [5, 5.41) is 0.974. The van der Waals surface area contributed by atoms with Gasteiger partial charge in [0.1, 0.15) is 23.6 Å². The van der Waals surface area contributed by atoms with Gasteiger partial charge in [0.05, 0.1) is 18.2 Å². The van der Waals surface area contributed by atoms with Crippen LogP contribution in [0.15, 0.2) is 97.5 Å². The largest absolute Gasteiger partial charge is 0.495 e. The number of aromatic nitrogens is 3. The minimum Gasteiger partial charge on any atom is -0.495 e. The van der Waals surface area contributed by atoms with Crippen LogP contribution in [-0.2, 0) is 4.79 Å². The number of hydrogen-bond donors (Lipinski definition) is 0. The molecule has 1 fully saturated rings. The van der Waals surface area contributed by atoms with E-state index in [-0.39, 0.29) is 12.5 Å². The van der Waals surface area contributed by atoms with E-state index >= 15 is 0 Å². The summed E-state index contributed by atoms with van der Waals surface area (Å²) in [7, 11) is 1.68. The normalized spacial score (nSPS) is 13.5. The average molecular weight is 520 g/mol. The standard InChI is InChI=1S/C31H29N5O3/c1-38-27-15-9-8-14-26(27)36-20-25(23-10-4-2-5-11-23)29-30(32-22-33-31(29)36)35-18-16-34(17-19-35)28(37)21-39-24-12-6-3-7-13-24/h2-15,20,22H,16-19,21H2,1H3. The summed E-state index contributed by atoms with van der Waals surface area (Å²) in [4.78, 5) is 26.4. The third-order valence-electron chi connectivity index (χ3n) is 7.03. The van der Waals surface area contributed by atoms with Crippen molar-refractivity contribution in [2.75, 3.05) is 44.8 Å². The summed E-state index contributed by atoms with van der Waals surface area (Å²) in [6.45, 7) is 2.54. The molecule has 0 saturated carbocycles. The van der Waals surface area contributed by atoms with Crippen LogP contribution in [0.5, 0.6) is 11.5 Å². The molecule has 0 spiro atoms. The lowest BCUT2D eigenvalue weighted by molar-refractivity contribution is -0.133. The van der Waals surface area contributed by atoms with Crippen LogP contribution >= 0.6 is 0 Å². The number of carbonyl (C=O) groups excluding carboxylic acids is 1. The fourth-order valence-electron chi connectivity index (χ4n) is 5.06. The van der Waals surface area contributed by atoms with Crippen LogP contribution in [-0.4, -0.2) is 65.2 Å². The van der Waals surface area contributed by atoms with Gasteiger partial charge < -0.3 is 19.3 Å². The highest BCUT2D eigenvalue weighted by Gasteiger charge is 2.26. The highest BCUT2D eigenvalue weighted by molar-refractivity contribution is 6.02. The van der Waals surface area contributed by atoms with Crippen LogP contribution in [0, 0.1) is 0 Å². The number of carbonyl (C=O) groups is 1. The second-order valence-corrected chi connectivity index (χ2v) is 9.32. The molecule has 1 amide bonds. The molecule has 6 rings (SSSR count). The second kappa shape index (κ2) is 10.9. The van der Waals surface area contributed by atoms with Crippen molar-refractivity contribution in [3.63, 3.8) is 0 Å². The molecule has 3 heterocycles. The van der Waals surface area contributed by atoms with E-state index in [4.69, 9.17) is 19.4 Å². The molecule has 5 aromatic rings. The molecule has 39 heavy (non-hydrogen) atoms. The number of para-hydroxylation sites is 3. The summed E-state index contributed by atoms with van der Waals surface area (Å²) in [5.41, 5.74) is 3.84. The molecular weight excluding hydrogens is 490 g/mol. The molecule has 0 radical (unpaired) electrons. The van der Waals surface area contributed by atoms with Crippen molar-refractivity contribution in [1.82, 2.24) is 19.4 Å². The average Bonchev–Trinajstić information content (AvgIpc) is 3.41. The van der Waals surface area contributed by atoms with E-state index in [0.717, 1.165) is 39.4 Å². The molecule has 0 bridgehead atoms. The molecule has 0 aliphatic carbocycles. The van der Waals surface area contributed by atoms with Crippen LogP contribution in [0.1, 0.15) is 0 Å². The third kappa shape index (κ3) is 4.88. The number of piperazine rings is 1. The maximum Gasteiger partial charge on any atom is 0.260 e. The number of fused-ring (bicyclic) bond motifs is 1. The minimum atomic E-state index is -0.0152. The lowest BCUT2D eigenvalue weighted by Gasteiger charge is -2.35. The summed E-state index contributed by atoms with van der Waals surface area (Å²) in [6.07, 6.45) is 3.72. The Kier molecular flexibility index (Phi) is 6.82. The Labute approximate surface area is 227 Å². The van der Waals surface area contributed by atoms with Gasteiger partial charge in [-0.1, -0.05) is 60.7 Å². The van der Waals surface area contributed by atoms with Crippen LogP contribution in [0.2, 0.25) is 0 Å². The number of methoxy groups -OCH3 is 1. The number of hydrogen-bond acceptors (Lipinski definition) is 6. The van der Waals surface area contributed by atoms with E-state index in [1.54, 1.807) is 13.4 Å². The van der Waals surface area contributed by atoms with Gasteiger partial charge in [0, 0.05) is 37.9 Å². The maximum absolute atomic E-state index is 12.8. The van der Waals surface area contributed by atoms with E-state index < -0.39 is 0 Å². The van der Waals surface area contributed by atoms with Crippen molar-refractivity contribution >= 4 is 22.8 Å². The van der Waals surface area contributed by atoms with E-state index in [9.17, 15) is 4.79 Å². The van der Waals surface area contributed by atoms with Gasteiger partial charge in [-0.2, -0.15) is 0 Å². The van der Waals surface area contributed by atoms with Crippen molar-refractivity contribution in [2.45, 2.75) is 0 Å². The van der Waals surface area contributed by atoms with Gasteiger partial charge in [0.2, 0.25) is 0 Å². The minimum absolute atomic E-state index is 0.0152. The van der Waals surface area contributed by atoms with Gasteiger partial charge >= 0.3 is 0 Å². The first kappa shape index (κ1) is 24.5. The molecule has 3 aromatic carbocycles. The predicted molar refractivity (Wildman–Crippen MR) is 152 cm³/mol. The smallest absolute Gasteiger partial charge is 0.260 e. The second-order valence-electron chi connectivity index (χ2n) is 9.32. The molecular formula is C31H29N5O3. The number of amides is 1. The van der Waals surface area contributed by atoms with Crippen molar-refractivity contribution < 1.29 is 14.3 Å². The Balaban J connectivity index is 1.31. The topological polar surface area (TPSA) is 72.7 Å². The Hall–Kier alpha value is -4.85. The first-order valence-corrected chi connectivity index (χ1v) is 13.0. The lowest BCUT2D eigenvalue weighted by atomic mass is 10.1. The highest BCUT2D eigenvalue weighted by atomic mass is 16.5. The van der Waals surface area contributed by atoms with E-state index in [1.165, 1.54) is 0 Å². The number of ether oxygens (including phenoxy) is 2. The lowest BCUT2D eigenvalue weighted by Crippen LogP contribution is -2.50. The van der Waals surface area contributed by atoms with Gasteiger partial charge in [-0.25, -0.2) is 9.97 Å². The van der Waals surface area contributed by atoms with Crippen LogP contribution in [0.4, 0.5) is 5.82 Å². The molecule has 1 aliphatic rings. The fraction of sp³-hybridized carbons (Fsp3) is 0.194. The summed E-state index contributed by atoms with van der Waals surface area (Å²) in [5.74, 6) is 2.30. The summed E-state index contributed by atoms with van der Waals surface area (Å²) in [6, 6.07) is 27.6. The molecule has 0 atom stereocenters. The molecule has 196 valence electrons. The molecule has 0 unspecified atom stereocenters.